The minimum Gasteiger partial charge on any atom is -0.392 e. The van der Waals surface area contributed by atoms with Crippen LogP contribution in [0.5, 0.6) is 0 Å². The summed E-state index contributed by atoms with van der Waals surface area (Å²) in [5, 5.41) is 15.4. The minimum atomic E-state index is -0.559. The number of nitrogens with zero attached hydrogens (tertiary/aromatic N) is 1. The summed E-state index contributed by atoms with van der Waals surface area (Å²) in [4.78, 5) is 26.3. The number of amides is 2. The summed E-state index contributed by atoms with van der Waals surface area (Å²) in [6.07, 6.45) is 6.74. The van der Waals surface area contributed by atoms with Crippen LogP contribution in [0.3, 0.4) is 0 Å². The molecule has 5 rings (SSSR count). The number of rotatable bonds is 12. The van der Waals surface area contributed by atoms with Gasteiger partial charge in [-0.05, 0) is 66.2 Å². The molecule has 8 nitrogen and oxygen atoms in total. The van der Waals surface area contributed by atoms with Gasteiger partial charge in [-0.2, -0.15) is 0 Å². The number of hydrogen-bond acceptors (Lipinski definition) is 6. The van der Waals surface area contributed by atoms with E-state index in [0.29, 0.717) is 29.8 Å². The van der Waals surface area contributed by atoms with E-state index in [9.17, 15) is 14.7 Å². The second-order valence-corrected chi connectivity index (χ2v) is 14.5. The molecule has 44 heavy (non-hydrogen) atoms. The number of unbranched alkanes of at least 4 members (excludes halogenated alkanes) is 2. The summed E-state index contributed by atoms with van der Waals surface area (Å²) in [5.74, 6) is -0.0499. The van der Waals surface area contributed by atoms with Crippen molar-refractivity contribution in [2.45, 2.75) is 110 Å². The van der Waals surface area contributed by atoms with Crippen LogP contribution in [0.4, 0.5) is 5.69 Å². The fraction of sp³-hybridized carbons (Fsp3) is 0.611. The Balaban J connectivity index is 1.26. The molecule has 0 radical (unpaired) electrons. The Labute approximate surface area is 262 Å². The molecule has 240 valence electrons. The number of aliphatic hydroxyl groups is 1. The maximum absolute atomic E-state index is 12.7. The van der Waals surface area contributed by atoms with E-state index in [4.69, 9.17) is 9.47 Å². The number of carbonyl (C=O) groups excluding carboxylic acids is 2. The molecular weight excluding hydrogens is 554 g/mol. The Morgan fingerprint density at radius 3 is 2.55 bits per heavy atom. The van der Waals surface area contributed by atoms with E-state index in [1.165, 1.54) is 26.2 Å². The first-order chi connectivity index (χ1) is 21.0. The molecule has 0 spiro atoms. The molecule has 2 amide bonds. The number of nitrogens with one attached hydrogen (secondary N) is 2. The topological polar surface area (TPSA) is 100 Å². The third kappa shape index (κ3) is 8.68. The van der Waals surface area contributed by atoms with Gasteiger partial charge in [0.25, 0.3) is 0 Å². The lowest BCUT2D eigenvalue weighted by atomic mass is 9.65. The molecule has 2 bridgehead atoms. The molecule has 1 saturated carbocycles. The van der Waals surface area contributed by atoms with Gasteiger partial charge in [0, 0.05) is 56.7 Å². The molecule has 3 fully saturated rings. The second kappa shape index (κ2) is 14.1. The second-order valence-electron chi connectivity index (χ2n) is 14.5. The first-order valence-corrected chi connectivity index (χ1v) is 16.4. The van der Waals surface area contributed by atoms with Crippen molar-refractivity contribution in [1.29, 1.82) is 0 Å². The lowest BCUT2D eigenvalue weighted by molar-refractivity contribution is -0.253. The maximum atomic E-state index is 12.7. The smallest absolute Gasteiger partial charge is 0.224 e. The summed E-state index contributed by atoms with van der Waals surface area (Å²) in [5.41, 5.74) is 4.29. The van der Waals surface area contributed by atoms with E-state index < -0.39 is 6.29 Å². The van der Waals surface area contributed by atoms with Crippen molar-refractivity contribution in [1.82, 2.24) is 10.2 Å². The lowest BCUT2D eigenvalue weighted by Gasteiger charge is -2.41. The Morgan fingerprint density at radius 2 is 1.80 bits per heavy atom. The van der Waals surface area contributed by atoms with Gasteiger partial charge in [0.2, 0.25) is 11.8 Å². The van der Waals surface area contributed by atoms with Gasteiger partial charge < -0.3 is 25.2 Å². The highest BCUT2D eigenvalue weighted by atomic mass is 16.7. The molecule has 3 aliphatic rings. The molecule has 2 heterocycles. The summed E-state index contributed by atoms with van der Waals surface area (Å²) >= 11 is 0. The maximum Gasteiger partial charge on any atom is 0.224 e. The third-order valence-electron chi connectivity index (χ3n) is 9.47. The molecule has 5 atom stereocenters. The lowest BCUT2D eigenvalue weighted by Crippen LogP contribution is -2.42. The van der Waals surface area contributed by atoms with Gasteiger partial charge >= 0.3 is 0 Å². The number of benzene rings is 2. The molecule has 2 unspecified atom stereocenters. The van der Waals surface area contributed by atoms with E-state index in [0.717, 1.165) is 61.2 Å². The van der Waals surface area contributed by atoms with E-state index in [2.05, 4.69) is 48.4 Å². The third-order valence-corrected chi connectivity index (χ3v) is 9.47. The predicted molar refractivity (Wildman–Crippen MR) is 172 cm³/mol. The van der Waals surface area contributed by atoms with Crippen LogP contribution >= 0.6 is 0 Å². The summed E-state index contributed by atoms with van der Waals surface area (Å²) in [7, 11) is 0. The van der Waals surface area contributed by atoms with E-state index >= 15 is 0 Å². The van der Waals surface area contributed by atoms with E-state index in [-0.39, 0.29) is 30.6 Å². The normalized spacial score (nSPS) is 28.0. The Morgan fingerprint density at radius 1 is 1.00 bits per heavy atom. The van der Waals surface area contributed by atoms with Crippen molar-refractivity contribution in [3.8, 4) is 0 Å². The van der Waals surface area contributed by atoms with Crippen LogP contribution in [0, 0.1) is 10.8 Å². The Hall–Kier alpha value is -2.78. The van der Waals surface area contributed by atoms with Crippen LogP contribution < -0.4 is 10.6 Å². The zero-order valence-corrected chi connectivity index (χ0v) is 26.9. The number of hydrogen-bond donors (Lipinski definition) is 3. The average Bonchev–Trinajstić information content (AvgIpc) is 3.21. The number of carbonyl (C=O) groups is 2. The molecule has 2 saturated heterocycles. The van der Waals surface area contributed by atoms with Crippen LogP contribution in [-0.2, 0) is 25.7 Å². The Kier molecular flexibility index (Phi) is 10.5. The fourth-order valence-corrected chi connectivity index (χ4v) is 7.92. The molecule has 8 heteroatoms. The molecule has 0 aromatic heterocycles. The predicted octanol–water partition coefficient (Wildman–Crippen LogP) is 6.26. The van der Waals surface area contributed by atoms with Gasteiger partial charge in [-0.15, -0.1) is 0 Å². The molecule has 2 aromatic rings. The zero-order valence-electron chi connectivity index (χ0n) is 26.9. The molecule has 2 aromatic carbocycles. The fourth-order valence-electron chi connectivity index (χ4n) is 7.92. The molecule has 2 aliphatic heterocycles. The van der Waals surface area contributed by atoms with Gasteiger partial charge in [-0.3, -0.25) is 14.5 Å². The monoisotopic (exact) mass is 605 g/mol. The number of anilines is 1. The SMILES string of the molecule is CC(=O)NCCCCCC(=O)Nc1cccc([C@H]2O[C@@H](CN3CC4(C)CC3CC(C)(C)C4)C[C@@H](c3ccc(CO)cc3)O2)c1. The highest BCUT2D eigenvalue weighted by Gasteiger charge is 2.50. The molecular formula is C36H51N3O5. The molecule has 1 aliphatic carbocycles. The van der Waals surface area contributed by atoms with Gasteiger partial charge in [0.05, 0.1) is 18.8 Å². The van der Waals surface area contributed by atoms with E-state index in [1.807, 2.05) is 36.4 Å². The van der Waals surface area contributed by atoms with Crippen molar-refractivity contribution in [2.24, 2.45) is 10.8 Å². The van der Waals surface area contributed by atoms with Crippen LogP contribution in [0.2, 0.25) is 0 Å². The average molecular weight is 606 g/mol. The first kappa shape index (κ1) is 32.6. The quantitative estimate of drug-likeness (QED) is 0.247. The standard InChI is InChI=1S/C36H51N3O5/c1-25(41)37-16-7-5-6-11-33(42)38-29-10-8-9-28(17-29)34-43-31(18-32(44-34)27-14-12-26(22-40)13-15-27)21-39-24-36(4)20-30(39)19-35(2,3)23-36/h8-10,12-15,17,30-32,34,40H,5-7,11,16,18-24H2,1-4H3,(H,37,41)(H,38,42)/t30?,31-,32+,34+,36?/m1/s1. The van der Waals surface area contributed by atoms with Crippen LogP contribution in [-0.4, -0.2) is 53.6 Å². The highest BCUT2D eigenvalue weighted by Crippen LogP contribution is 2.53. The van der Waals surface area contributed by atoms with Gasteiger partial charge in [-0.25, -0.2) is 0 Å². The zero-order chi connectivity index (χ0) is 31.3. The van der Waals surface area contributed by atoms with Crippen molar-refractivity contribution in [3.63, 3.8) is 0 Å². The van der Waals surface area contributed by atoms with Crippen LogP contribution in [0.1, 0.15) is 108 Å². The van der Waals surface area contributed by atoms with Gasteiger partial charge in [0.1, 0.15) is 0 Å². The number of fused-ring (bicyclic) bond motifs is 2. The molecule has 3 N–H and O–H groups in total. The number of likely N-dealkylation sites (tertiary alicyclic amines) is 1. The van der Waals surface area contributed by atoms with E-state index in [1.54, 1.807) is 0 Å². The number of ether oxygens (including phenoxy) is 2. The van der Waals surface area contributed by atoms with Gasteiger partial charge in [-0.1, -0.05) is 63.6 Å². The summed E-state index contributed by atoms with van der Waals surface area (Å²) in [6.45, 7) is 11.4. The minimum absolute atomic E-state index is 0.00179. The van der Waals surface area contributed by atoms with Crippen LogP contribution in [0.15, 0.2) is 48.5 Å². The van der Waals surface area contributed by atoms with Crippen molar-refractivity contribution in [2.75, 3.05) is 25.0 Å². The number of aliphatic hydroxyl groups excluding tert-OH is 1. The summed E-state index contributed by atoms with van der Waals surface area (Å²) < 4.78 is 13.3. The van der Waals surface area contributed by atoms with Gasteiger partial charge in [0.15, 0.2) is 6.29 Å². The van der Waals surface area contributed by atoms with Crippen molar-refractivity contribution >= 4 is 17.5 Å². The van der Waals surface area contributed by atoms with Crippen LogP contribution in [0.25, 0.3) is 0 Å². The van der Waals surface area contributed by atoms with Crippen molar-refractivity contribution in [3.05, 3.63) is 65.2 Å². The summed E-state index contributed by atoms with van der Waals surface area (Å²) in [6, 6.07) is 16.4. The Bertz CT molecular complexity index is 1280. The van der Waals surface area contributed by atoms with Crippen molar-refractivity contribution < 1.29 is 24.2 Å². The first-order valence-electron chi connectivity index (χ1n) is 16.4. The highest BCUT2D eigenvalue weighted by molar-refractivity contribution is 5.90. The largest absolute Gasteiger partial charge is 0.392 e.